The van der Waals surface area contributed by atoms with Crippen LogP contribution < -0.4 is 5.32 Å². The van der Waals surface area contributed by atoms with Gasteiger partial charge in [-0.3, -0.25) is 9.59 Å². The first-order valence-corrected chi connectivity index (χ1v) is 18.7. The molecule has 3 atom stereocenters. The van der Waals surface area contributed by atoms with E-state index in [-0.39, 0.29) is 23.9 Å². The van der Waals surface area contributed by atoms with Crippen molar-refractivity contribution in [3.05, 3.63) is 108 Å². The van der Waals surface area contributed by atoms with E-state index in [2.05, 4.69) is 68.7 Å². The van der Waals surface area contributed by atoms with Gasteiger partial charge in [0.05, 0.1) is 43.0 Å². The molecule has 0 unspecified atom stereocenters. The van der Waals surface area contributed by atoms with Gasteiger partial charge in [-0.1, -0.05) is 78.9 Å². The Morgan fingerprint density at radius 2 is 1.30 bits per heavy atom. The van der Waals surface area contributed by atoms with Gasteiger partial charge in [-0.05, 0) is 80.6 Å². The summed E-state index contributed by atoms with van der Waals surface area (Å²) in [5.41, 5.74) is 6.70. The predicted octanol–water partition coefficient (Wildman–Crippen LogP) is 6.90. The summed E-state index contributed by atoms with van der Waals surface area (Å²) in [7, 11) is 5.35. The molecular weight excluding hydrogens is 681 g/mol. The number of aromatic amines is 2. The monoisotopic (exact) mass is 728 g/mol. The number of methoxy groups -OCH3 is 1. The number of likely N-dealkylation sites (tertiary alicyclic amines) is 2. The molecule has 2 aromatic heterocycles. The number of nitrogens with zero attached hydrogens (tertiary/aromatic N) is 5. The van der Waals surface area contributed by atoms with Crippen molar-refractivity contribution in [1.29, 1.82) is 0 Å². The van der Waals surface area contributed by atoms with E-state index in [1.165, 1.54) is 7.11 Å². The van der Waals surface area contributed by atoms with Crippen LogP contribution in [0.5, 0.6) is 0 Å². The highest BCUT2D eigenvalue weighted by atomic mass is 16.5. The molecule has 3 aromatic carbocycles. The number of amides is 3. The van der Waals surface area contributed by atoms with Crippen LogP contribution in [0.25, 0.3) is 33.6 Å². The van der Waals surface area contributed by atoms with Gasteiger partial charge in [-0.2, -0.15) is 0 Å². The minimum Gasteiger partial charge on any atom is -0.453 e. The molecule has 2 aliphatic heterocycles. The van der Waals surface area contributed by atoms with Crippen LogP contribution in [0.15, 0.2) is 91.3 Å². The van der Waals surface area contributed by atoms with Gasteiger partial charge in [0.1, 0.15) is 17.7 Å². The molecular formula is C42H48N8O4. The lowest BCUT2D eigenvalue weighted by Crippen LogP contribution is -2.42. The highest BCUT2D eigenvalue weighted by Gasteiger charge is 2.37. The lowest BCUT2D eigenvalue weighted by molar-refractivity contribution is -0.134. The Hall–Kier alpha value is -5.75. The summed E-state index contributed by atoms with van der Waals surface area (Å²) in [6, 6.07) is 24.8. The van der Waals surface area contributed by atoms with E-state index < -0.39 is 12.1 Å². The van der Waals surface area contributed by atoms with E-state index in [4.69, 9.17) is 14.7 Å². The van der Waals surface area contributed by atoms with E-state index in [0.717, 1.165) is 90.5 Å². The lowest BCUT2D eigenvalue weighted by atomic mass is 10.0. The Kier molecular flexibility index (Phi) is 11.2. The standard InChI is InChI=1S/C42H48N8O4/c1-48(2)23-9-14-37(51)49-24-7-12-35(49)39-43-26-33(45-39)30-19-15-28(16-20-30)29-17-21-31(22-18-29)34-27-44-40(46-34)36-13-8-25-50(36)41(52)38(47-42(53)54-3)32-10-5-4-6-11-32/h4-6,10-11,15-22,26-27,35-36,38H,7-9,12-14,23-25H2,1-3H3,(H,43,45)(H,44,46)(H,47,53)/t35-,36-,38+/m0/s1. The van der Waals surface area contributed by atoms with E-state index >= 15 is 0 Å². The Balaban J connectivity index is 0.997. The van der Waals surface area contributed by atoms with Gasteiger partial charge >= 0.3 is 6.09 Å². The third-order valence-corrected chi connectivity index (χ3v) is 10.5. The van der Waals surface area contributed by atoms with Crippen molar-refractivity contribution in [2.45, 2.75) is 56.7 Å². The van der Waals surface area contributed by atoms with Gasteiger partial charge < -0.3 is 34.7 Å². The second-order valence-electron chi connectivity index (χ2n) is 14.3. The highest BCUT2D eigenvalue weighted by molar-refractivity contribution is 5.87. The summed E-state index contributed by atoms with van der Waals surface area (Å²) in [4.78, 5) is 61.3. The smallest absolute Gasteiger partial charge is 0.407 e. The van der Waals surface area contributed by atoms with Crippen molar-refractivity contribution in [3.63, 3.8) is 0 Å². The minimum atomic E-state index is -0.866. The fourth-order valence-electron chi connectivity index (χ4n) is 7.62. The number of imidazole rings is 2. The predicted molar refractivity (Wildman–Crippen MR) is 207 cm³/mol. The average molecular weight is 729 g/mol. The van der Waals surface area contributed by atoms with Crippen LogP contribution in [0.2, 0.25) is 0 Å². The molecule has 4 heterocycles. The first-order valence-electron chi connectivity index (χ1n) is 18.7. The Morgan fingerprint density at radius 3 is 1.83 bits per heavy atom. The number of nitrogens with one attached hydrogen (secondary N) is 3. The number of carbonyl (C=O) groups excluding carboxylic acids is 3. The van der Waals surface area contributed by atoms with E-state index in [0.29, 0.717) is 18.5 Å². The summed E-state index contributed by atoms with van der Waals surface area (Å²) < 4.78 is 4.82. The SMILES string of the molecule is COC(=O)N[C@@H](C(=O)N1CCC[C@H]1c1ncc(-c2ccc(-c3ccc(-c4cnc([C@@H]5CCCN5C(=O)CCCN(C)C)[nH]4)cc3)cc2)[nH]1)c1ccccc1. The molecule has 0 radical (unpaired) electrons. The van der Waals surface area contributed by atoms with Crippen LogP contribution in [-0.4, -0.2) is 93.4 Å². The van der Waals surface area contributed by atoms with Crippen molar-refractivity contribution in [2.75, 3.05) is 40.8 Å². The molecule has 12 heteroatoms. The lowest BCUT2D eigenvalue weighted by Gasteiger charge is -2.28. The molecule has 2 saturated heterocycles. The van der Waals surface area contributed by atoms with Crippen LogP contribution in [0.1, 0.15) is 73.9 Å². The maximum absolute atomic E-state index is 13.9. The second-order valence-corrected chi connectivity index (χ2v) is 14.3. The molecule has 12 nitrogen and oxygen atoms in total. The van der Waals surface area contributed by atoms with Gasteiger partial charge in [-0.25, -0.2) is 14.8 Å². The number of alkyl carbamates (subject to hydrolysis) is 1. The number of hydrogen-bond donors (Lipinski definition) is 3. The second kappa shape index (κ2) is 16.5. The van der Waals surface area contributed by atoms with Crippen LogP contribution in [0, 0.1) is 0 Å². The normalized spacial score (nSPS) is 17.6. The summed E-state index contributed by atoms with van der Waals surface area (Å²) in [5, 5.41) is 2.72. The van der Waals surface area contributed by atoms with Crippen molar-refractivity contribution in [1.82, 2.24) is 40.0 Å². The summed E-state index contributed by atoms with van der Waals surface area (Å²) >= 11 is 0. The van der Waals surface area contributed by atoms with Gasteiger partial charge in [0.2, 0.25) is 5.91 Å². The third-order valence-electron chi connectivity index (χ3n) is 10.5. The number of hydrogen-bond acceptors (Lipinski definition) is 7. The molecule has 3 N–H and O–H groups in total. The summed E-state index contributed by atoms with van der Waals surface area (Å²) in [6.07, 6.45) is 7.95. The zero-order valence-electron chi connectivity index (χ0n) is 31.1. The van der Waals surface area contributed by atoms with Crippen LogP contribution in [0.3, 0.4) is 0 Å². The van der Waals surface area contributed by atoms with Gasteiger partial charge in [0.25, 0.3) is 5.91 Å². The maximum Gasteiger partial charge on any atom is 0.407 e. The first kappa shape index (κ1) is 36.6. The molecule has 0 saturated carbocycles. The van der Waals surface area contributed by atoms with Crippen molar-refractivity contribution >= 4 is 17.9 Å². The third kappa shape index (κ3) is 8.08. The number of ether oxygens (including phenoxy) is 1. The van der Waals surface area contributed by atoms with Crippen LogP contribution in [-0.2, 0) is 14.3 Å². The Morgan fingerprint density at radius 1 is 0.778 bits per heavy atom. The van der Waals surface area contributed by atoms with Gasteiger partial charge in [-0.15, -0.1) is 0 Å². The quantitative estimate of drug-likeness (QED) is 0.127. The zero-order valence-corrected chi connectivity index (χ0v) is 31.1. The summed E-state index contributed by atoms with van der Waals surface area (Å²) in [5.74, 6) is 1.57. The zero-order chi connectivity index (χ0) is 37.6. The van der Waals surface area contributed by atoms with E-state index in [1.54, 1.807) is 4.90 Å². The molecule has 0 aliphatic carbocycles. The van der Waals surface area contributed by atoms with E-state index in [1.807, 2.05) is 61.7 Å². The van der Waals surface area contributed by atoms with Crippen LogP contribution >= 0.6 is 0 Å². The molecule has 2 fully saturated rings. The van der Waals surface area contributed by atoms with Gasteiger partial charge in [0.15, 0.2) is 0 Å². The number of aromatic nitrogens is 4. The fourth-order valence-corrected chi connectivity index (χ4v) is 7.62. The fraction of sp³-hybridized carbons (Fsp3) is 0.357. The molecule has 3 amide bonds. The number of carbonyl (C=O) groups is 3. The van der Waals surface area contributed by atoms with E-state index in [9.17, 15) is 14.4 Å². The van der Waals surface area contributed by atoms with Crippen molar-refractivity contribution in [3.8, 4) is 33.6 Å². The van der Waals surface area contributed by atoms with Crippen LogP contribution in [0.4, 0.5) is 4.79 Å². The number of rotatable bonds is 12. The largest absolute Gasteiger partial charge is 0.453 e. The Labute approximate surface area is 316 Å². The molecule has 0 spiro atoms. The molecule has 280 valence electrons. The van der Waals surface area contributed by atoms with Gasteiger partial charge in [0, 0.05) is 19.5 Å². The first-order chi connectivity index (χ1) is 26.3. The van der Waals surface area contributed by atoms with Crippen molar-refractivity contribution < 1.29 is 19.1 Å². The summed E-state index contributed by atoms with van der Waals surface area (Å²) in [6.45, 7) is 2.25. The molecule has 5 aromatic rings. The molecule has 54 heavy (non-hydrogen) atoms. The molecule has 0 bridgehead atoms. The maximum atomic E-state index is 13.9. The minimum absolute atomic E-state index is 0.00346. The topological polar surface area (TPSA) is 140 Å². The Bertz CT molecular complexity index is 2040. The average Bonchev–Trinajstić information content (AvgIpc) is 4.04. The number of H-pyrrole nitrogens is 2. The number of benzene rings is 3. The van der Waals surface area contributed by atoms with Crippen molar-refractivity contribution in [2.24, 2.45) is 0 Å². The molecule has 2 aliphatic rings. The highest BCUT2D eigenvalue weighted by Crippen LogP contribution is 2.35. The molecule has 7 rings (SSSR count).